The van der Waals surface area contributed by atoms with Gasteiger partial charge in [-0.05, 0) is 41.2 Å². The van der Waals surface area contributed by atoms with Gasteiger partial charge in [-0.15, -0.1) is 0 Å². The van der Waals surface area contributed by atoms with Crippen LogP contribution in [0.1, 0.15) is 37.5 Å². The summed E-state index contributed by atoms with van der Waals surface area (Å²) in [4.78, 5) is 0. The Labute approximate surface area is 126 Å². The van der Waals surface area contributed by atoms with Crippen LogP contribution < -0.4 is 4.74 Å². The maximum atomic E-state index is 6.32. The Morgan fingerprint density at radius 3 is 2.35 bits per heavy atom. The first-order valence-electron chi connectivity index (χ1n) is 6.85. The van der Waals surface area contributed by atoms with Crippen LogP contribution in [0.25, 0.3) is 0 Å². The van der Waals surface area contributed by atoms with E-state index in [1.165, 1.54) is 16.7 Å². The molecule has 0 fully saturated rings. The molecule has 0 heterocycles. The third-order valence-corrected chi connectivity index (χ3v) is 3.74. The fraction of sp³-hybridized carbons (Fsp3) is 0.333. The maximum Gasteiger partial charge on any atom is 0.138 e. The Hall–Kier alpha value is -1.47. The molecule has 1 nitrogen and oxygen atoms in total. The monoisotopic (exact) mass is 288 g/mol. The molecule has 2 rings (SSSR count). The van der Waals surface area contributed by atoms with E-state index in [-0.39, 0.29) is 5.41 Å². The lowest BCUT2D eigenvalue weighted by molar-refractivity contribution is 0.305. The summed E-state index contributed by atoms with van der Waals surface area (Å²) in [5.41, 5.74) is 3.72. The van der Waals surface area contributed by atoms with Gasteiger partial charge in [0.1, 0.15) is 12.4 Å². The normalized spacial score (nSPS) is 11.4. The maximum absolute atomic E-state index is 6.32. The van der Waals surface area contributed by atoms with E-state index in [9.17, 15) is 0 Å². The third-order valence-electron chi connectivity index (χ3n) is 3.44. The standard InChI is InChI=1S/C18H21ClO/c1-13-7-5-6-8-14(13)12-20-17-10-9-15(11-16(17)19)18(2,3)4/h5-11H,12H2,1-4H3. The quantitative estimate of drug-likeness (QED) is 0.722. The number of benzene rings is 2. The molecule has 0 atom stereocenters. The second-order valence-electron chi connectivity index (χ2n) is 6.11. The SMILES string of the molecule is Cc1ccccc1COc1ccc(C(C)(C)C)cc1Cl. The van der Waals surface area contributed by atoms with E-state index in [2.05, 4.69) is 45.9 Å². The second kappa shape index (κ2) is 5.88. The van der Waals surface area contributed by atoms with Crippen LogP contribution in [0.5, 0.6) is 5.75 Å². The van der Waals surface area contributed by atoms with Crippen molar-refractivity contribution >= 4 is 11.6 Å². The average Bonchev–Trinajstić information content (AvgIpc) is 2.38. The highest BCUT2D eigenvalue weighted by Crippen LogP contribution is 2.31. The zero-order valence-corrected chi connectivity index (χ0v) is 13.3. The highest BCUT2D eigenvalue weighted by molar-refractivity contribution is 6.32. The van der Waals surface area contributed by atoms with Gasteiger partial charge in [-0.1, -0.05) is 62.7 Å². The smallest absolute Gasteiger partial charge is 0.138 e. The molecule has 0 amide bonds. The van der Waals surface area contributed by atoms with Crippen molar-refractivity contribution in [2.45, 2.75) is 39.7 Å². The molecule has 0 unspecified atom stereocenters. The third kappa shape index (κ3) is 3.55. The van der Waals surface area contributed by atoms with Crippen molar-refractivity contribution in [1.82, 2.24) is 0 Å². The summed E-state index contributed by atoms with van der Waals surface area (Å²) in [5, 5.41) is 0.672. The molecule has 0 aliphatic rings. The van der Waals surface area contributed by atoms with Crippen molar-refractivity contribution in [3.63, 3.8) is 0 Å². The van der Waals surface area contributed by atoms with Gasteiger partial charge in [-0.3, -0.25) is 0 Å². The van der Waals surface area contributed by atoms with Gasteiger partial charge >= 0.3 is 0 Å². The predicted molar refractivity (Wildman–Crippen MR) is 85.7 cm³/mol. The molecule has 0 saturated carbocycles. The van der Waals surface area contributed by atoms with Gasteiger partial charge < -0.3 is 4.74 Å². The van der Waals surface area contributed by atoms with E-state index in [0.29, 0.717) is 11.6 Å². The van der Waals surface area contributed by atoms with Gasteiger partial charge in [0, 0.05) is 0 Å². The molecule has 0 aliphatic carbocycles. The summed E-state index contributed by atoms with van der Waals surface area (Å²) in [5.74, 6) is 0.739. The molecule has 0 bridgehead atoms. The van der Waals surface area contributed by atoms with Crippen LogP contribution in [0.4, 0.5) is 0 Å². The summed E-state index contributed by atoms with van der Waals surface area (Å²) >= 11 is 6.32. The van der Waals surface area contributed by atoms with Gasteiger partial charge in [-0.25, -0.2) is 0 Å². The number of hydrogen-bond acceptors (Lipinski definition) is 1. The number of aryl methyl sites for hydroxylation is 1. The molecule has 0 spiro atoms. The van der Waals surface area contributed by atoms with Crippen LogP contribution >= 0.6 is 11.6 Å². The van der Waals surface area contributed by atoms with Crippen LogP contribution in [-0.4, -0.2) is 0 Å². The minimum Gasteiger partial charge on any atom is -0.487 e. The first-order chi connectivity index (χ1) is 9.38. The Balaban J connectivity index is 2.13. The molecule has 0 aliphatic heterocycles. The van der Waals surface area contributed by atoms with Crippen LogP contribution in [0.3, 0.4) is 0 Å². The fourth-order valence-electron chi connectivity index (χ4n) is 2.01. The molecule has 0 radical (unpaired) electrons. The summed E-state index contributed by atoms with van der Waals surface area (Å²) in [6.45, 7) is 9.15. The zero-order valence-electron chi connectivity index (χ0n) is 12.5. The Bertz CT molecular complexity index is 597. The van der Waals surface area contributed by atoms with Gasteiger partial charge in [0.05, 0.1) is 5.02 Å². The minimum absolute atomic E-state index is 0.0954. The molecule has 2 heteroatoms. The van der Waals surface area contributed by atoms with Crippen LogP contribution in [0.2, 0.25) is 5.02 Å². The molecule has 0 N–H and O–H groups in total. The van der Waals surface area contributed by atoms with Gasteiger partial charge in [-0.2, -0.15) is 0 Å². The van der Waals surface area contributed by atoms with Gasteiger partial charge in [0.15, 0.2) is 0 Å². The Morgan fingerprint density at radius 1 is 1.05 bits per heavy atom. The van der Waals surface area contributed by atoms with Crippen LogP contribution in [0.15, 0.2) is 42.5 Å². The molecular weight excluding hydrogens is 268 g/mol. The van der Waals surface area contributed by atoms with Crippen molar-refractivity contribution in [2.75, 3.05) is 0 Å². The van der Waals surface area contributed by atoms with E-state index in [0.717, 1.165) is 5.75 Å². The fourth-order valence-corrected chi connectivity index (χ4v) is 2.25. The molecule has 0 saturated heterocycles. The van der Waals surface area contributed by atoms with Crippen LogP contribution in [0, 0.1) is 6.92 Å². The minimum atomic E-state index is 0.0954. The number of ether oxygens (including phenoxy) is 1. The van der Waals surface area contributed by atoms with E-state index >= 15 is 0 Å². The highest BCUT2D eigenvalue weighted by Gasteiger charge is 2.15. The van der Waals surface area contributed by atoms with E-state index < -0.39 is 0 Å². The van der Waals surface area contributed by atoms with E-state index in [1.54, 1.807) is 0 Å². The van der Waals surface area contributed by atoms with Crippen LogP contribution in [-0.2, 0) is 12.0 Å². The molecule has 2 aromatic rings. The largest absolute Gasteiger partial charge is 0.487 e. The van der Waals surface area contributed by atoms with E-state index in [1.807, 2.05) is 24.3 Å². The average molecular weight is 289 g/mol. The van der Waals surface area contributed by atoms with Gasteiger partial charge in [0.25, 0.3) is 0 Å². The van der Waals surface area contributed by atoms with Crippen molar-refractivity contribution in [1.29, 1.82) is 0 Å². The second-order valence-corrected chi connectivity index (χ2v) is 6.52. The summed E-state index contributed by atoms with van der Waals surface area (Å²) in [6.07, 6.45) is 0. The predicted octanol–water partition coefficient (Wildman–Crippen LogP) is 5.52. The Morgan fingerprint density at radius 2 is 1.75 bits per heavy atom. The number of hydrogen-bond donors (Lipinski definition) is 0. The first kappa shape index (κ1) is 14.9. The molecule has 2 aromatic carbocycles. The lowest BCUT2D eigenvalue weighted by atomic mass is 9.87. The molecular formula is C18H21ClO. The van der Waals surface area contributed by atoms with Gasteiger partial charge in [0.2, 0.25) is 0 Å². The highest BCUT2D eigenvalue weighted by atomic mass is 35.5. The van der Waals surface area contributed by atoms with Crippen molar-refractivity contribution in [3.05, 3.63) is 64.2 Å². The topological polar surface area (TPSA) is 9.23 Å². The number of halogens is 1. The van der Waals surface area contributed by atoms with Crippen molar-refractivity contribution in [2.24, 2.45) is 0 Å². The zero-order chi connectivity index (χ0) is 14.8. The molecule has 0 aromatic heterocycles. The molecule has 106 valence electrons. The first-order valence-corrected chi connectivity index (χ1v) is 7.23. The lowest BCUT2D eigenvalue weighted by Gasteiger charge is -2.20. The summed E-state index contributed by atoms with van der Waals surface area (Å²) in [6, 6.07) is 14.3. The lowest BCUT2D eigenvalue weighted by Crippen LogP contribution is -2.11. The molecule has 20 heavy (non-hydrogen) atoms. The van der Waals surface area contributed by atoms with Crippen molar-refractivity contribution in [3.8, 4) is 5.75 Å². The number of rotatable bonds is 3. The Kier molecular flexibility index (Phi) is 4.39. The summed E-state index contributed by atoms with van der Waals surface area (Å²) < 4.78 is 5.84. The summed E-state index contributed by atoms with van der Waals surface area (Å²) in [7, 11) is 0. The van der Waals surface area contributed by atoms with Crippen molar-refractivity contribution < 1.29 is 4.74 Å². The van der Waals surface area contributed by atoms with E-state index in [4.69, 9.17) is 16.3 Å².